The number of esters is 1. The Morgan fingerprint density at radius 2 is 2.13 bits per heavy atom. The summed E-state index contributed by atoms with van der Waals surface area (Å²) in [5, 5.41) is 8.64. The quantitative estimate of drug-likeness (QED) is 0.355. The van der Waals surface area contributed by atoms with Crippen LogP contribution in [0.5, 0.6) is 0 Å². The maximum Gasteiger partial charge on any atom is 0.309 e. The molecule has 0 radical (unpaired) electrons. The first-order chi connectivity index (χ1) is 7.11. The van der Waals surface area contributed by atoms with Crippen LogP contribution >= 0.6 is 0 Å². The maximum absolute atomic E-state index is 10.9. The highest BCUT2D eigenvalue weighted by atomic mass is 16.5. The molecule has 1 N–H and O–H groups in total. The van der Waals surface area contributed by atoms with E-state index in [1.165, 1.54) is 0 Å². The molecule has 0 rings (SSSR count). The molecule has 0 aromatic carbocycles. The van der Waals surface area contributed by atoms with Gasteiger partial charge in [0.15, 0.2) is 0 Å². The van der Waals surface area contributed by atoms with Crippen molar-refractivity contribution in [3.63, 3.8) is 0 Å². The molecule has 0 heterocycles. The lowest BCUT2D eigenvalue weighted by Crippen LogP contribution is -2.21. The molecule has 0 aliphatic rings. The molecule has 6 nitrogen and oxygen atoms in total. The first-order valence-electron chi connectivity index (χ1n) is 4.55. The third kappa shape index (κ3) is 6.48. The van der Waals surface area contributed by atoms with Crippen LogP contribution in [-0.4, -0.2) is 36.7 Å². The van der Waals surface area contributed by atoms with E-state index in [1.807, 2.05) is 0 Å². The molecule has 0 bridgehead atoms. The summed E-state index contributed by atoms with van der Waals surface area (Å²) in [4.78, 5) is 31.2. The van der Waals surface area contributed by atoms with Crippen molar-refractivity contribution in [3.8, 4) is 0 Å². The lowest BCUT2D eigenvalue weighted by Gasteiger charge is -2.09. The number of carbonyl (C=O) groups is 3. The van der Waals surface area contributed by atoms with Gasteiger partial charge >= 0.3 is 11.9 Å². The molecule has 0 aromatic heterocycles. The molecule has 0 fully saturated rings. The predicted octanol–water partition coefficient (Wildman–Crippen LogP) is 0.203. The molecule has 1 unspecified atom stereocenters. The molecule has 0 aromatic rings. The van der Waals surface area contributed by atoms with Crippen LogP contribution in [0.15, 0.2) is 0 Å². The van der Waals surface area contributed by atoms with E-state index >= 15 is 0 Å². The predicted molar refractivity (Wildman–Crippen MR) is 49.0 cm³/mol. The Morgan fingerprint density at radius 1 is 1.47 bits per heavy atom. The normalized spacial score (nSPS) is 11.5. The Hall–Kier alpha value is -1.59. The summed E-state index contributed by atoms with van der Waals surface area (Å²) in [7, 11) is 0. The SMILES string of the molecule is CCC(COC(=O)CCOC=O)C(=O)O. The van der Waals surface area contributed by atoms with Crippen molar-refractivity contribution < 1.29 is 29.0 Å². The molecule has 0 amide bonds. The van der Waals surface area contributed by atoms with Crippen molar-refractivity contribution in [1.82, 2.24) is 0 Å². The fraction of sp³-hybridized carbons (Fsp3) is 0.667. The number of hydrogen-bond acceptors (Lipinski definition) is 5. The van der Waals surface area contributed by atoms with Gasteiger partial charge in [-0.1, -0.05) is 6.92 Å². The largest absolute Gasteiger partial charge is 0.481 e. The Labute approximate surface area is 87.2 Å². The van der Waals surface area contributed by atoms with Crippen LogP contribution in [0.1, 0.15) is 19.8 Å². The van der Waals surface area contributed by atoms with Gasteiger partial charge in [0.1, 0.15) is 13.2 Å². The summed E-state index contributed by atoms with van der Waals surface area (Å²) in [5.74, 6) is -2.24. The molecule has 0 aliphatic carbocycles. The van der Waals surface area contributed by atoms with Gasteiger partial charge in [0, 0.05) is 0 Å². The van der Waals surface area contributed by atoms with Gasteiger partial charge in [-0.2, -0.15) is 0 Å². The van der Waals surface area contributed by atoms with Crippen molar-refractivity contribution in [2.45, 2.75) is 19.8 Å². The molecule has 15 heavy (non-hydrogen) atoms. The minimum atomic E-state index is -0.991. The fourth-order valence-electron chi connectivity index (χ4n) is 0.820. The Bertz CT molecular complexity index is 225. The number of ether oxygens (including phenoxy) is 2. The van der Waals surface area contributed by atoms with E-state index in [0.29, 0.717) is 6.42 Å². The zero-order valence-corrected chi connectivity index (χ0v) is 8.47. The summed E-state index contributed by atoms with van der Waals surface area (Å²) in [6.45, 7) is 1.74. The highest BCUT2D eigenvalue weighted by Gasteiger charge is 2.17. The Balaban J connectivity index is 3.68. The number of carboxylic acids is 1. The first-order valence-corrected chi connectivity index (χ1v) is 4.55. The number of hydrogen-bond donors (Lipinski definition) is 1. The van der Waals surface area contributed by atoms with E-state index in [4.69, 9.17) is 5.11 Å². The van der Waals surface area contributed by atoms with Gasteiger partial charge < -0.3 is 14.6 Å². The lowest BCUT2D eigenvalue weighted by molar-refractivity contribution is -0.151. The molecule has 0 spiro atoms. The van der Waals surface area contributed by atoms with Crippen LogP contribution in [0.2, 0.25) is 0 Å². The van der Waals surface area contributed by atoms with Crippen molar-refractivity contribution in [3.05, 3.63) is 0 Å². The Morgan fingerprint density at radius 3 is 2.60 bits per heavy atom. The highest BCUT2D eigenvalue weighted by Crippen LogP contribution is 2.03. The molecule has 1 atom stereocenters. The second kappa shape index (κ2) is 7.78. The molecular formula is C9H14O6. The zero-order chi connectivity index (χ0) is 11.7. The van der Waals surface area contributed by atoms with Gasteiger partial charge in [-0.25, -0.2) is 0 Å². The summed E-state index contributed by atoms with van der Waals surface area (Å²) in [5.41, 5.74) is 0. The molecule has 6 heteroatoms. The Kier molecular flexibility index (Phi) is 6.96. The maximum atomic E-state index is 10.9. The molecule has 86 valence electrons. The summed E-state index contributed by atoms with van der Waals surface area (Å²) >= 11 is 0. The third-order valence-corrected chi connectivity index (χ3v) is 1.78. The van der Waals surface area contributed by atoms with Crippen molar-refractivity contribution in [2.75, 3.05) is 13.2 Å². The monoisotopic (exact) mass is 218 g/mol. The van der Waals surface area contributed by atoms with Crippen molar-refractivity contribution in [2.24, 2.45) is 5.92 Å². The van der Waals surface area contributed by atoms with E-state index in [9.17, 15) is 14.4 Å². The average Bonchev–Trinajstić information content (AvgIpc) is 2.18. The van der Waals surface area contributed by atoms with Crippen LogP contribution in [-0.2, 0) is 23.9 Å². The van der Waals surface area contributed by atoms with Gasteiger partial charge in [0.25, 0.3) is 6.47 Å². The minimum Gasteiger partial charge on any atom is -0.481 e. The topological polar surface area (TPSA) is 89.9 Å². The molecule has 0 aliphatic heterocycles. The van der Waals surface area contributed by atoms with Gasteiger partial charge in [-0.15, -0.1) is 0 Å². The van der Waals surface area contributed by atoms with Crippen LogP contribution in [0.3, 0.4) is 0 Å². The zero-order valence-electron chi connectivity index (χ0n) is 8.47. The number of rotatable bonds is 8. The van der Waals surface area contributed by atoms with E-state index < -0.39 is 17.9 Å². The summed E-state index contributed by atoms with van der Waals surface area (Å²) in [6.07, 6.45) is 0.336. The van der Waals surface area contributed by atoms with Gasteiger partial charge in [-0.05, 0) is 6.42 Å². The summed E-state index contributed by atoms with van der Waals surface area (Å²) in [6, 6.07) is 0. The summed E-state index contributed by atoms with van der Waals surface area (Å²) < 4.78 is 8.97. The standard InChI is InChI=1S/C9H14O6/c1-2-7(9(12)13)5-15-8(11)3-4-14-6-10/h6-7H,2-5H2,1H3,(H,12,13). The highest BCUT2D eigenvalue weighted by molar-refractivity contribution is 5.72. The van der Waals surface area contributed by atoms with Crippen molar-refractivity contribution >= 4 is 18.4 Å². The fourth-order valence-corrected chi connectivity index (χ4v) is 0.820. The van der Waals surface area contributed by atoms with Gasteiger partial charge in [0.2, 0.25) is 0 Å². The van der Waals surface area contributed by atoms with Crippen LogP contribution < -0.4 is 0 Å². The first kappa shape index (κ1) is 13.4. The third-order valence-electron chi connectivity index (χ3n) is 1.78. The van der Waals surface area contributed by atoms with E-state index in [0.717, 1.165) is 0 Å². The van der Waals surface area contributed by atoms with E-state index in [1.54, 1.807) is 6.92 Å². The minimum absolute atomic E-state index is 0.0494. The van der Waals surface area contributed by atoms with Gasteiger partial charge in [0.05, 0.1) is 12.3 Å². The van der Waals surface area contributed by atoms with Crippen LogP contribution in [0.4, 0.5) is 0 Å². The number of carbonyl (C=O) groups excluding carboxylic acids is 2. The smallest absolute Gasteiger partial charge is 0.309 e. The van der Waals surface area contributed by atoms with Crippen molar-refractivity contribution in [1.29, 1.82) is 0 Å². The second-order valence-electron chi connectivity index (χ2n) is 2.84. The van der Waals surface area contributed by atoms with E-state index in [2.05, 4.69) is 9.47 Å². The molecular weight excluding hydrogens is 204 g/mol. The molecule has 0 saturated heterocycles. The van der Waals surface area contributed by atoms with Crippen LogP contribution in [0.25, 0.3) is 0 Å². The molecule has 0 saturated carbocycles. The van der Waals surface area contributed by atoms with E-state index in [-0.39, 0.29) is 26.1 Å². The van der Waals surface area contributed by atoms with Crippen LogP contribution in [0, 0.1) is 5.92 Å². The lowest BCUT2D eigenvalue weighted by atomic mass is 10.1. The second-order valence-corrected chi connectivity index (χ2v) is 2.84. The number of carboxylic acid groups (broad SMARTS) is 1. The number of aliphatic carboxylic acids is 1. The average molecular weight is 218 g/mol. The van der Waals surface area contributed by atoms with Gasteiger partial charge in [-0.3, -0.25) is 14.4 Å².